The van der Waals surface area contributed by atoms with E-state index in [9.17, 15) is 4.79 Å². The molecule has 1 amide bonds. The Morgan fingerprint density at radius 3 is 2.63 bits per heavy atom. The third-order valence-electron chi connectivity index (χ3n) is 5.13. The third kappa shape index (κ3) is 4.51. The number of nitrogens with one attached hydrogen (secondary N) is 2. The monoisotopic (exact) mass is 367 g/mol. The average molecular weight is 367 g/mol. The minimum absolute atomic E-state index is 0.0308. The van der Waals surface area contributed by atoms with Gasteiger partial charge < -0.3 is 20.1 Å². The SMILES string of the molecule is O=C(NC1CCCCCC1)c1ccc(NCc2ccc3c(c2)OCO3)nc1. The van der Waals surface area contributed by atoms with Gasteiger partial charge in [0.1, 0.15) is 5.82 Å². The molecule has 4 rings (SSSR count). The number of rotatable bonds is 5. The van der Waals surface area contributed by atoms with Gasteiger partial charge in [-0.25, -0.2) is 4.98 Å². The van der Waals surface area contributed by atoms with Crippen molar-refractivity contribution >= 4 is 11.7 Å². The predicted molar refractivity (Wildman–Crippen MR) is 103 cm³/mol. The van der Waals surface area contributed by atoms with Crippen LogP contribution in [0.4, 0.5) is 5.82 Å². The van der Waals surface area contributed by atoms with E-state index in [1.165, 1.54) is 25.7 Å². The van der Waals surface area contributed by atoms with Gasteiger partial charge in [0.2, 0.25) is 6.79 Å². The van der Waals surface area contributed by atoms with Gasteiger partial charge in [0.15, 0.2) is 11.5 Å². The summed E-state index contributed by atoms with van der Waals surface area (Å²) in [5, 5.41) is 6.42. The summed E-state index contributed by atoms with van der Waals surface area (Å²) in [6.07, 6.45) is 8.74. The highest BCUT2D eigenvalue weighted by Crippen LogP contribution is 2.32. The standard InChI is InChI=1S/C21H25N3O3/c25-21(24-17-5-3-1-2-4-6-17)16-8-10-20(23-13-16)22-12-15-7-9-18-19(11-15)27-14-26-18/h7-11,13,17H,1-6,12,14H2,(H,22,23)(H,24,25). The molecule has 1 aromatic carbocycles. The lowest BCUT2D eigenvalue weighted by Gasteiger charge is -2.16. The normalized spacial score (nSPS) is 16.6. The fourth-order valence-corrected chi connectivity index (χ4v) is 3.57. The van der Waals surface area contributed by atoms with Crippen LogP contribution >= 0.6 is 0 Å². The van der Waals surface area contributed by atoms with Crippen molar-refractivity contribution < 1.29 is 14.3 Å². The Labute approximate surface area is 159 Å². The molecule has 1 aliphatic carbocycles. The van der Waals surface area contributed by atoms with Gasteiger partial charge >= 0.3 is 0 Å². The molecule has 2 heterocycles. The second-order valence-corrected chi connectivity index (χ2v) is 7.14. The molecule has 0 unspecified atom stereocenters. The molecule has 0 spiro atoms. The summed E-state index contributed by atoms with van der Waals surface area (Å²) in [5.74, 6) is 2.25. The van der Waals surface area contributed by atoms with Crippen LogP contribution in [0, 0.1) is 0 Å². The number of carbonyl (C=O) groups is 1. The Kier molecular flexibility index (Phi) is 5.42. The number of amides is 1. The summed E-state index contributed by atoms with van der Waals surface area (Å²) in [7, 11) is 0. The highest BCUT2D eigenvalue weighted by molar-refractivity contribution is 5.94. The zero-order valence-electron chi connectivity index (χ0n) is 15.4. The number of hydrogen-bond donors (Lipinski definition) is 2. The predicted octanol–water partition coefficient (Wildman–Crippen LogP) is 3.88. The van der Waals surface area contributed by atoms with Gasteiger partial charge in [-0.15, -0.1) is 0 Å². The van der Waals surface area contributed by atoms with Crippen molar-refractivity contribution in [2.75, 3.05) is 12.1 Å². The molecule has 1 saturated carbocycles. The van der Waals surface area contributed by atoms with Crippen LogP contribution in [0.15, 0.2) is 36.5 Å². The van der Waals surface area contributed by atoms with Gasteiger partial charge in [0, 0.05) is 18.8 Å². The van der Waals surface area contributed by atoms with Crippen LogP contribution < -0.4 is 20.1 Å². The van der Waals surface area contributed by atoms with Gasteiger partial charge in [-0.05, 0) is 42.7 Å². The van der Waals surface area contributed by atoms with E-state index in [0.29, 0.717) is 18.2 Å². The number of benzene rings is 1. The van der Waals surface area contributed by atoms with Crippen molar-refractivity contribution in [1.82, 2.24) is 10.3 Å². The van der Waals surface area contributed by atoms with Crippen LogP contribution in [0.25, 0.3) is 0 Å². The zero-order valence-corrected chi connectivity index (χ0v) is 15.4. The van der Waals surface area contributed by atoms with Crippen LogP contribution in [-0.4, -0.2) is 23.7 Å². The first-order valence-corrected chi connectivity index (χ1v) is 9.67. The largest absolute Gasteiger partial charge is 0.454 e. The molecule has 2 aromatic rings. The van der Waals surface area contributed by atoms with Gasteiger partial charge in [0.25, 0.3) is 5.91 Å². The first-order valence-electron chi connectivity index (χ1n) is 9.67. The molecule has 6 nitrogen and oxygen atoms in total. The van der Waals surface area contributed by atoms with Gasteiger partial charge in [-0.1, -0.05) is 31.7 Å². The quantitative estimate of drug-likeness (QED) is 0.785. The van der Waals surface area contributed by atoms with Gasteiger partial charge in [-0.2, -0.15) is 0 Å². The first-order chi connectivity index (χ1) is 13.3. The van der Waals surface area contributed by atoms with E-state index < -0.39 is 0 Å². The maximum absolute atomic E-state index is 12.4. The Bertz CT molecular complexity index is 784. The third-order valence-corrected chi connectivity index (χ3v) is 5.13. The highest BCUT2D eigenvalue weighted by Gasteiger charge is 2.16. The fourth-order valence-electron chi connectivity index (χ4n) is 3.57. The first kappa shape index (κ1) is 17.6. The van der Waals surface area contributed by atoms with Crippen molar-refractivity contribution in [1.29, 1.82) is 0 Å². The molecular weight excluding hydrogens is 342 g/mol. The lowest BCUT2D eigenvalue weighted by molar-refractivity contribution is 0.0933. The summed E-state index contributed by atoms with van der Waals surface area (Å²) in [4.78, 5) is 16.8. The minimum atomic E-state index is -0.0308. The number of aromatic nitrogens is 1. The second-order valence-electron chi connectivity index (χ2n) is 7.14. The molecule has 2 aliphatic rings. The Balaban J connectivity index is 1.31. The molecule has 27 heavy (non-hydrogen) atoms. The maximum atomic E-state index is 12.4. The zero-order chi connectivity index (χ0) is 18.5. The van der Waals surface area contributed by atoms with Crippen molar-refractivity contribution in [3.8, 4) is 11.5 Å². The smallest absolute Gasteiger partial charge is 0.253 e. The molecule has 0 saturated heterocycles. The number of anilines is 1. The maximum Gasteiger partial charge on any atom is 0.253 e. The van der Waals surface area contributed by atoms with Crippen LogP contribution in [0.5, 0.6) is 11.5 Å². The van der Waals surface area contributed by atoms with Crippen molar-refractivity contribution in [2.24, 2.45) is 0 Å². The van der Waals surface area contributed by atoms with E-state index in [0.717, 1.165) is 35.7 Å². The van der Waals surface area contributed by atoms with Crippen LogP contribution in [0.3, 0.4) is 0 Å². The van der Waals surface area contributed by atoms with Gasteiger partial charge in [-0.3, -0.25) is 4.79 Å². The molecule has 1 aromatic heterocycles. The molecule has 0 atom stereocenters. The summed E-state index contributed by atoms with van der Waals surface area (Å²) in [5.41, 5.74) is 1.68. The lowest BCUT2D eigenvalue weighted by Crippen LogP contribution is -2.34. The number of pyridine rings is 1. The lowest BCUT2D eigenvalue weighted by atomic mass is 10.1. The molecule has 142 valence electrons. The van der Waals surface area contributed by atoms with E-state index in [4.69, 9.17) is 9.47 Å². The van der Waals surface area contributed by atoms with Crippen LogP contribution in [0.1, 0.15) is 54.4 Å². The van der Waals surface area contributed by atoms with Crippen molar-refractivity contribution in [2.45, 2.75) is 51.1 Å². The minimum Gasteiger partial charge on any atom is -0.454 e. The number of ether oxygens (including phenoxy) is 2. The Morgan fingerprint density at radius 1 is 1.04 bits per heavy atom. The van der Waals surface area contributed by atoms with Crippen molar-refractivity contribution in [3.05, 3.63) is 47.7 Å². The molecule has 6 heteroatoms. The van der Waals surface area contributed by atoms with Crippen LogP contribution in [-0.2, 0) is 6.54 Å². The Morgan fingerprint density at radius 2 is 1.85 bits per heavy atom. The summed E-state index contributed by atoms with van der Waals surface area (Å²) >= 11 is 0. The van der Waals surface area contributed by atoms with E-state index in [-0.39, 0.29) is 12.7 Å². The fraction of sp³-hybridized carbons (Fsp3) is 0.429. The van der Waals surface area contributed by atoms with Crippen molar-refractivity contribution in [3.63, 3.8) is 0 Å². The van der Waals surface area contributed by atoms with E-state index >= 15 is 0 Å². The molecule has 1 fully saturated rings. The second kappa shape index (κ2) is 8.29. The summed E-state index contributed by atoms with van der Waals surface area (Å²) in [6, 6.07) is 9.83. The van der Waals surface area contributed by atoms with E-state index in [1.807, 2.05) is 30.3 Å². The molecule has 0 bridgehead atoms. The molecule has 1 aliphatic heterocycles. The summed E-state index contributed by atoms with van der Waals surface area (Å²) in [6.45, 7) is 0.898. The number of fused-ring (bicyclic) bond motifs is 1. The molecule has 2 N–H and O–H groups in total. The highest BCUT2D eigenvalue weighted by atomic mass is 16.7. The van der Waals surface area contributed by atoms with E-state index in [1.54, 1.807) is 6.20 Å². The number of nitrogens with zero attached hydrogens (tertiary/aromatic N) is 1. The molecular formula is C21H25N3O3. The van der Waals surface area contributed by atoms with Gasteiger partial charge in [0.05, 0.1) is 5.56 Å². The average Bonchev–Trinajstić information content (AvgIpc) is 3.02. The van der Waals surface area contributed by atoms with Crippen LogP contribution in [0.2, 0.25) is 0 Å². The number of carbonyl (C=O) groups excluding carboxylic acids is 1. The Hall–Kier alpha value is -2.76. The summed E-state index contributed by atoms with van der Waals surface area (Å²) < 4.78 is 10.7. The molecule has 0 radical (unpaired) electrons. The topological polar surface area (TPSA) is 72.5 Å². The van der Waals surface area contributed by atoms with E-state index in [2.05, 4.69) is 15.6 Å². The number of hydrogen-bond acceptors (Lipinski definition) is 5.